The SMILES string of the molecule is CC(=O)Oc1ccc(-c2cn(C(=O)c3c(Cl)cccc3C(F)(F)F)c3cnc(Cl)cc23)c(F)c1. The molecule has 0 saturated heterocycles. The highest BCUT2D eigenvalue weighted by Crippen LogP contribution is 2.38. The summed E-state index contributed by atoms with van der Waals surface area (Å²) in [4.78, 5) is 28.3. The summed E-state index contributed by atoms with van der Waals surface area (Å²) in [6.07, 6.45) is -2.48. The van der Waals surface area contributed by atoms with Crippen molar-refractivity contribution >= 4 is 46.0 Å². The summed E-state index contributed by atoms with van der Waals surface area (Å²) in [5.74, 6) is -2.58. The van der Waals surface area contributed by atoms with Crippen LogP contribution in [0, 0.1) is 5.82 Å². The summed E-state index contributed by atoms with van der Waals surface area (Å²) >= 11 is 12.0. The van der Waals surface area contributed by atoms with Crippen LogP contribution in [0.25, 0.3) is 22.0 Å². The number of pyridine rings is 1. The maximum atomic E-state index is 14.9. The molecule has 0 N–H and O–H groups in total. The highest BCUT2D eigenvalue weighted by molar-refractivity contribution is 6.34. The van der Waals surface area contributed by atoms with E-state index >= 15 is 0 Å². The fourth-order valence-electron chi connectivity index (χ4n) is 3.52. The van der Waals surface area contributed by atoms with Gasteiger partial charge in [0, 0.05) is 35.7 Å². The Morgan fingerprint density at radius 3 is 2.44 bits per heavy atom. The van der Waals surface area contributed by atoms with E-state index in [-0.39, 0.29) is 32.9 Å². The molecular weight excluding hydrogens is 499 g/mol. The van der Waals surface area contributed by atoms with Gasteiger partial charge in [-0.25, -0.2) is 9.37 Å². The molecule has 0 aliphatic rings. The van der Waals surface area contributed by atoms with Gasteiger partial charge in [0.15, 0.2) is 0 Å². The average Bonchev–Trinajstić information content (AvgIpc) is 3.10. The number of rotatable bonds is 3. The first kappa shape index (κ1) is 23.7. The molecule has 0 aliphatic heterocycles. The van der Waals surface area contributed by atoms with Crippen LogP contribution in [-0.4, -0.2) is 21.4 Å². The van der Waals surface area contributed by atoms with E-state index < -0.39 is 40.0 Å². The lowest BCUT2D eigenvalue weighted by molar-refractivity contribution is -0.138. The van der Waals surface area contributed by atoms with Crippen molar-refractivity contribution in [2.24, 2.45) is 0 Å². The van der Waals surface area contributed by atoms with Gasteiger partial charge < -0.3 is 4.74 Å². The zero-order valence-corrected chi connectivity index (χ0v) is 18.6. The molecule has 4 rings (SSSR count). The number of aromatic nitrogens is 2. The quantitative estimate of drug-likeness (QED) is 0.132. The van der Waals surface area contributed by atoms with Crippen molar-refractivity contribution in [3.05, 3.63) is 82.0 Å². The Morgan fingerprint density at radius 2 is 1.79 bits per heavy atom. The van der Waals surface area contributed by atoms with Crippen LogP contribution in [0.5, 0.6) is 5.75 Å². The molecule has 174 valence electrons. The minimum absolute atomic E-state index is 0.00933. The zero-order valence-electron chi connectivity index (χ0n) is 17.1. The number of nitrogens with zero attached hydrogens (tertiary/aromatic N) is 2. The highest BCUT2D eigenvalue weighted by atomic mass is 35.5. The van der Waals surface area contributed by atoms with Crippen LogP contribution in [0.3, 0.4) is 0 Å². The van der Waals surface area contributed by atoms with Crippen molar-refractivity contribution in [1.82, 2.24) is 9.55 Å². The second-order valence-corrected chi connectivity index (χ2v) is 7.93. The number of alkyl halides is 3. The third-order valence-electron chi connectivity index (χ3n) is 4.90. The number of esters is 1. The van der Waals surface area contributed by atoms with E-state index in [9.17, 15) is 27.2 Å². The normalized spacial score (nSPS) is 11.6. The minimum Gasteiger partial charge on any atom is -0.427 e. The molecule has 0 spiro atoms. The molecule has 0 unspecified atom stereocenters. The van der Waals surface area contributed by atoms with Crippen molar-refractivity contribution in [1.29, 1.82) is 0 Å². The molecule has 0 saturated carbocycles. The minimum atomic E-state index is -4.85. The van der Waals surface area contributed by atoms with E-state index in [1.165, 1.54) is 36.7 Å². The van der Waals surface area contributed by atoms with Gasteiger partial charge in [0.05, 0.1) is 27.9 Å². The third kappa shape index (κ3) is 4.36. The van der Waals surface area contributed by atoms with Crippen LogP contribution in [0.4, 0.5) is 17.6 Å². The molecule has 4 aromatic rings. The lowest BCUT2D eigenvalue weighted by Gasteiger charge is -2.14. The maximum absolute atomic E-state index is 14.9. The lowest BCUT2D eigenvalue weighted by Crippen LogP contribution is -2.18. The van der Waals surface area contributed by atoms with Crippen LogP contribution < -0.4 is 4.74 Å². The van der Waals surface area contributed by atoms with Crippen molar-refractivity contribution in [2.75, 3.05) is 0 Å². The van der Waals surface area contributed by atoms with E-state index in [4.69, 9.17) is 27.9 Å². The average molecular weight is 511 g/mol. The summed E-state index contributed by atoms with van der Waals surface area (Å²) in [6.45, 7) is 1.16. The standard InChI is InChI=1S/C23H12Cl2F4N2O3/c1-11(32)34-12-5-6-13(18(26)7-12)15-10-31(19-9-30-20(25)8-14(15)19)22(33)21-16(23(27,28)29)3-2-4-17(21)24/h2-10H,1H3. The predicted molar refractivity (Wildman–Crippen MR) is 118 cm³/mol. The molecule has 0 aliphatic carbocycles. The van der Waals surface area contributed by atoms with Crippen LogP contribution in [0.2, 0.25) is 10.2 Å². The van der Waals surface area contributed by atoms with Gasteiger partial charge in [-0.2, -0.15) is 13.2 Å². The van der Waals surface area contributed by atoms with Crippen molar-refractivity contribution in [3.63, 3.8) is 0 Å². The first-order valence-electron chi connectivity index (χ1n) is 9.52. The number of hydrogen-bond donors (Lipinski definition) is 0. The Bertz CT molecular complexity index is 1460. The fraction of sp³-hybridized carbons (Fsp3) is 0.0870. The molecule has 0 fully saturated rings. The summed E-state index contributed by atoms with van der Waals surface area (Å²) in [5, 5.41) is -0.125. The summed E-state index contributed by atoms with van der Waals surface area (Å²) < 4.78 is 61.5. The Morgan fingerprint density at radius 1 is 1.06 bits per heavy atom. The Hall–Kier alpha value is -3.43. The van der Waals surface area contributed by atoms with Crippen LogP contribution >= 0.6 is 23.2 Å². The Kier molecular flexibility index (Phi) is 6.09. The molecule has 2 aromatic heterocycles. The number of fused-ring (bicyclic) bond motifs is 1. The van der Waals surface area contributed by atoms with Gasteiger partial charge >= 0.3 is 12.1 Å². The van der Waals surface area contributed by atoms with Crippen LogP contribution in [0.1, 0.15) is 22.8 Å². The molecule has 34 heavy (non-hydrogen) atoms. The van der Waals surface area contributed by atoms with Gasteiger partial charge in [0.1, 0.15) is 16.7 Å². The maximum Gasteiger partial charge on any atom is 0.417 e. The van der Waals surface area contributed by atoms with Gasteiger partial charge in [-0.3, -0.25) is 14.2 Å². The molecule has 11 heteroatoms. The van der Waals surface area contributed by atoms with E-state index in [0.29, 0.717) is 0 Å². The lowest BCUT2D eigenvalue weighted by atomic mass is 10.0. The van der Waals surface area contributed by atoms with Gasteiger partial charge in [0.2, 0.25) is 0 Å². The summed E-state index contributed by atoms with van der Waals surface area (Å²) in [6, 6.07) is 7.97. The Balaban J connectivity index is 1.94. The number of halogens is 6. The van der Waals surface area contributed by atoms with Gasteiger partial charge in [-0.1, -0.05) is 29.3 Å². The number of hydrogen-bond acceptors (Lipinski definition) is 4. The molecule has 0 atom stereocenters. The van der Waals surface area contributed by atoms with Gasteiger partial charge in [-0.05, 0) is 30.3 Å². The zero-order chi connectivity index (χ0) is 24.8. The Labute approximate surface area is 199 Å². The van der Waals surface area contributed by atoms with E-state index in [0.717, 1.165) is 29.7 Å². The number of ether oxygens (including phenoxy) is 1. The number of carbonyl (C=O) groups excluding carboxylic acids is 2. The smallest absolute Gasteiger partial charge is 0.417 e. The second-order valence-electron chi connectivity index (χ2n) is 7.14. The van der Waals surface area contributed by atoms with Crippen molar-refractivity contribution in [2.45, 2.75) is 13.1 Å². The summed E-state index contributed by atoms with van der Waals surface area (Å²) in [7, 11) is 0. The fourth-order valence-corrected chi connectivity index (χ4v) is 3.94. The largest absolute Gasteiger partial charge is 0.427 e. The molecule has 0 bridgehead atoms. The van der Waals surface area contributed by atoms with E-state index in [1.807, 2.05) is 0 Å². The van der Waals surface area contributed by atoms with E-state index in [2.05, 4.69) is 4.98 Å². The van der Waals surface area contributed by atoms with Crippen molar-refractivity contribution < 1.29 is 31.9 Å². The third-order valence-corrected chi connectivity index (χ3v) is 5.42. The first-order chi connectivity index (χ1) is 16.0. The van der Waals surface area contributed by atoms with Gasteiger partial charge in [0.25, 0.3) is 5.91 Å². The van der Waals surface area contributed by atoms with Crippen LogP contribution in [-0.2, 0) is 11.0 Å². The molecule has 2 aromatic carbocycles. The molecule has 0 amide bonds. The van der Waals surface area contributed by atoms with Gasteiger partial charge in [-0.15, -0.1) is 0 Å². The first-order valence-corrected chi connectivity index (χ1v) is 10.3. The number of carbonyl (C=O) groups is 2. The second kappa shape index (κ2) is 8.73. The predicted octanol–water partition coefficient (Wildman–Crippen LogP) is 6.78. The highest BCUT2D eigenvalue weighted by Gasteiger charge is 2.37. The van der Waals surface area contributed by atoms with E-state index in [1.54, 1.807) is 0 Å². The molecule has 5 nitrogen and oxygen atoms in total. The summed E-state index contributed by atoms with van der Waals surface area (Å²) in [5.41, 5.74) is -1.75. The van der Waals surface area contributed by atoms with Crippen molar-refractivity contribution in [3.8, 4) is 16.9 Å². The monoisotopic (exact) mass is 510 g/mol. The van der Waals surface area contributed by atoms with Crippen LogP contribution in [0.15, 0.2) is 54.9 Å². The molecule has 0 radical (unpaired) electrons. The topological polar surface area (TPSA) is 61.2 Å². The molecule has 2 heterocycles. The number of benzene rings is 2. The molecular formula is C23H12Cl2F4N2O3.